The molecule has 0 unspecified atom stereocenters. The van der Waals surface area contributed by atoms with Gasteiger partial charge in [0.15, 0.2) is 0 Å². The van der Waals surface area contributed by atoms with Crippen LogP contribution in [-0.2, 0) is 9.53 Å². The van der Waals surface area contributed by atoms with Crippen LogP contribution in [0, 0.1) is 5.41 Å². The molecule has 1 aromatic heterocycles. The van der Waals surface area contributed by atoms with Gasteiger partial charge in [-0.2, -0.15) is 0 Å². The lowest BCUT2D eigenvalue weighted by molar-refractivity contribution is -0.155. The molecule has 1 aliphatic carbocycles. The second kappa shape index (κ2) is 8.19. The summed E-state index contributed by atoms with van der Waals surface area (Å²) in [6.07, 6.45) is 5.27. The monoisotopic (exact) mass is 369 g/mol. The van der Waals surface area contributed by atoms with Gasteiger partial charge in [-0.3, -0.25) is 9.78 Å². The normalized spacial score (nSPS) is 24.2. The first kappa shape index (κ1) is 19.5. The van der Waals surface area contributed by atoms with Crippen LogP contribution in [0.4, 0.5) is 0 Å². The number of carbonyl (C=O) groups excluding carboxylic acids is 1. The average molecular weight is 369 g/mol. The molecule has 0 amide bonds. The maximum atomic E-state index is 12.6. The highest BCUT2D eigenvalue weighted by Crippen LogP contribution is 2.39. The summed E-state index contributed by atoms with van der Waals surface area (Å²) in [5.74, 6) is -0.219. The smallest absolute Gasteiger partial charge is 0.315 e. The summed E-state index contributed by atoms with van der Waals surface area (Å²) < 4.78 is 5.31. The molecule has 2 aromatic rings. The quantitative estimate of drug-likeness (QED) is 0.784. The molecular weight excluding hydrogens is 342 g/mol. The molecule has 1 aromatic carbocycles. The number of hydrogen-bond acceptors (Lipinski definition) is 5. The summed E-state index contributed by atoms with van der Waals surface area (Å²) in [6, 6.07) is 9.69. The first-order valence-electron chi connectivity index (χ1n) is 9.57. The first-order valence-corrected chi connectivity index (χ1v) is 9.57. The van der Waals surface area contributed by atoms with Crippen LogP contribution in [0.25, 0.3) is 17.0 Å². The number of aromatic nitrogens is 1. The van der Waals surface area contributed by atoms with E-state index in [9.17, 15) is 15.0 Å². The number of carbonyl (C=O) groups is 1. The average Bonchev–Trinajstić information content (AvgIpc) is 2.67. The zero-order valence-electron chi connectivity index (χ0n) is 15.9. The Morgan fingerprint density at radius 1 is 1.33 bits per heavy atom. The van der Waals surface area contributed by atoms with E-state index in [4.69, 9.17) is 4.74 Å². The molecule has 3 rings (SSSR count). The maximum absolute atomic E-state index is 12.6. The molecule has 144 valence electrons. The van der Waals surface area contributed by atoms with Gasteiger partial charge in [-0.1, -0.05) is 30.4 Å². The lowest BCUT2D eigenvalue weighted by atomic mass is 9.72. The Hall–Kier alpha value is -2.24. The molecule has 0 aliphatic heterocycles. The second-order valence-corrected chi connectivity index (χ2v) is 7.31. The van der Waals surface area contributed by atoms with Crippen molar-refractivity contribution in [2.75, 3.05) is 6.61 Å². The summed E-state index contributed by atoms with van der Waals surface area (Å²) in [7, 11) is 0. The highest BCUT2D eigenvalue weighted by molar-refractivity contribution is 5.83. The number of fused-ring (bicyclic) bond motifs is 1. The van der Waals surface area contributed by atoms with Crippen LogP contribution in [0.3, 0.4) is 0 Å². The van der Waals surface area contributed by atoms with Crippen molar-refractivity contribution < 1.29 is 19.7 Å². The molecule has 1 atom stereocenters. The molecular formula is C22H27NO4. The van der Waals surface area contributed by atoms with Gasteiger partial charge in [0.1, 0.15) is 0 Å². The minimum Gasteiger partial charge on any atom is -0.465 e. The van der Waals surface area contributed by atoms with Crippen molar-refractivity contribution in [2.24, 2.45) is 5.41 Å². The minimum atomic E-state index is -0.681. The highest BCUT2D eigenvalue weighted by atomic mass is 16.5. The first-order chi connectivity index (χ1) is 12.9. The van der Waals surface area contributed by atoms with E-state index in [1.807, 2.05) is 49.4 Å². The van der Waals surface area contributed by atoms with Crippen LogP contribution in [0.1, 0.15) is 56.9 Å². The van der Waals surface area contributed by atoms with E-state index in [-0.39, 0.29) is 12.1 Å². The molecule has 5 nitrogen and oxygen atoms in total. The maximum Gasteiger partial charge on any atom is 0.315 e. The van der Waals surface area contributed by atoms with Gasteiger partial charge in [0.05, 0.1) is 35.4 Å². The summed E-state index contributed by atoms with van der Waals surface area (Å²) in [4.78, 5) is 17.1. The lowest BCUT2D eigenvalue weighted by Crippen LogP contribution is -2.36. The summed E-state index contributed by atoms with van der Waals surface area (Å²) >= 11 is 0. The van der Waals surface area contributed by atoms with Crippen LogP contribution in [0.15, 0.2) is 36.4 Å². The third-order valence-corrected chi connectivity index (χ3v) is 5.29. The Balaban J connectivity index is 1.90. The van der Waals surface area contributed by atoms with E-state index in [2.05, 4.69) is 4.98 Å². The van der Waals surface area contributed by atoms with Crippen molar-refractivity contribution in [1.82, 2.24) is 4.98 Å². The van der Waals surface area contributed by atoms with Crippen LogP contribution in [0.5, 0.6) is 0 Å². The van der Waals surface area contributed by atoms with Crippen LogP contribution >= 0.6 is 0 Å². The molecule has 1 saturated carbocycles. The summed E-state index contributed by atoms with van der Waals surface area (Å²) in [6.45, 7) is 3.85. The SMILES string of the molecule is CCOC(=O)C1(/C=C/c2ccc3ccc([C@@H](C)O)nc3c2)CCC(O)CC1. The predicted molar refractivity (Wildman–Crippen MR) is 105 cm³/mol. The molecule has 27 heavy (non-hydrogen) atoms. The Morgan fingerprint density at radius 3 is 2.70 bits per heavy atom. The van der Waals surface area contributed by atoms with E-state index in [1.54, 1.807) is 6.92 Å². The van der Waals surface area contributed by atoms with Gasteiger partial charge in [-0.25, -0.2) is 0 Å². The zero-order valence-corrected chi connectivity index (χ0v) is 15.9. The molecule has 1 heterocycles. The minimum absolute atomic E-state index is 0.219. The molecule has 0 spiro atoms. The molecule has 1 aliphatic rings. The molecule has 2 N–H and O–H groups in total. The Kier molecular flexibility index (Phi) is 5.92. The van der Waals surface area contributed by atoms with E-state index >= 15 is 0 Å². The third kappa shape index (κ3) is 4.37. The van der Waals surface area contributed by atoms with E-state index in [0.717, 1.165) is 16.5 Å². The number of esters is 1. The topological polar surface area (TPSA) is 79.7 Å². The van der Waals surface area contributed by atoms with Gasteiger partial charge in [-0.05, 0) is 57.2 Å². The van der Waals surface area contributed by atoms with Gasteiger partial charge in [0.25, 0.3) is 0 Å². The number of benzene rings is 1. The Bertz CT molecular complexity index is 835. The van der Waals surface area contributed by atoms with Gasteiger partial charge >= 0.3 is 5.97 Å². The Morgan fingerprint density at radius 2 is 2.04 bits per heavy atom. The van der Waals surface area contributed by atoms with Crippen molar-refractivity contribution in [1.29, 1.82) is 0 Å². The molecule has 1 fully saturated rings. The fourth-order valence-corrected chi connectivity index (χ4v) is 3.57. The van der Waals surface area contributed by atoms with Gasteiger partial charge in [0.2, 0.25) is 0 Å². The second-order valence-electron chi connectivity index (χ2n) is 7.31. The van der Waals surface area contributed by atoms with Crippen molar-refractivity contribution >= 4 is 22.9 Å². The largest absolute Gasteiger partial charge is 0.465 e. The standard InChI is InChI=1S/C22H27NO4/c1-3-27-21(26)22(12-9-18(25)10-13-22)11-8-16-4-5-17-6-7-19(15(2)24)23-20(17)14-16/h4-8,11,14-15,18,24-25H,3,9-10,12-13H2,1-2H3/b11-8+/t15-,18?,22?/m1/s1. The lowest BCUT2D eigenvalue weighted by Gasteiger charge is -2.34. The van der Waals surface area contributed by atoms with Crippen molar-refractivity contribution in [2.45, 2.75) is 51.7 Å². The third-order valence-electron chi connectivity index (χ3n) is 5.29. The van der Waals surface area contributed by atoms with E-state index in [0.29, 0.717) is 38.0 Å². The highest BCUT2D eigenvalue weighted by Gasteiger charge is 2.40. The van der Waals surface area contributed by atoms with Gasteiger partial charge in [-0.15, -0.1) is 0 Å². The van der Waals surface area contributed by atoms with E-state index in [1.165, 1.54) is 0 Å². The fraction of sp³-hybridized carbons (Fsp3) is 0.455. The van der Waals surface area contributed by atoms with Gasteiger partial charge < -0.3 is 14.9 Å². The number of hydrogen-bond donors (Lipinski definition) is 2. The number of aliphatic hydroxyl groups is 2. The number of pyridine rings is 1. The molecule has 0 saturated heterocycles. The number of nitrogens with zero attached hydrogens (tertiary/aromatic N) is 1. The van der Waals surface area contributed by atoms with Crippen LogP contribution in [-0.4, -0.2) is 33.9 Å². The molecule has 0 radical (unpaired) electrons. The van der Waals surface area contributed by atoms with Crippen molar-refractivity contribution in [3.63, 3.8) is 0 Å². The number of rotatable bonds is 5. The molecule has 0 bridgehead atoms. The summed E-state index contributed by atoms with van der Waals surface area (Å²) in [5, 5.41) is 20.6. The Labute approximate surface area is 159 Å². The van der Waals surface area contributed by atoms with Crippen LogP contribution in [0.2, 0.25) is 0 Å². The van der Waals surface area contributed by atoms with Crippen LogP contribution < -0.4 is 0 Å². The van der Waals surface area contributed by atoms with E-state index < -0.39 is 11.5 Å². The number of ether oxygens (including phenoxy) is 1. The van der Waals surface area contributed by atoms with Gasteiger partial charge in [0, 0.05) is 5.39 Å². The van der Waals surface area contributed by atoms with Crippen molar-refractivity contribution in [3.05, 3.63) is 47.7 Å². The van der Waals surface area contributed by atoms with Crippen molar-refractivity contribution in [3.8, 4) is 0 Å². The zero-order chi connectivity index (χ0) is 19.4. The molecule has 5 heteroatoms. The number of aliphatic hydroxyl groups excluding tert-OH is 2. The fourth-order valence-electron chi connectivity index (χ4n) is 3.57. The summed E-state index contributed by atoms with van der Waals surface area (Å²) in [5.41, 5.74) is 1.69. The predicted octanol–water partition coefficient (Wildman–Crippen LogP) is 3.79.